The van der Waals surface area contributed by atoms with Gasteiger partial charge in [0, 0.05) is 35.8 Å². The first-order valence-electron chi connectivity index (χ1n) is 10.1. The molecule has 2 aliphatic rings. The van der Waals surface area contributed by atoms with Gasteiger partial charge in [-0.1, -0.05) is 20.3 Å². The zero-order chi connectivity index (χ0) is 18.0. The maximum absolute atomic E-state index is 5.59. The van der Waals surface area contributed by atoms with Crippen LogP contribution in [0.4, 0.5) is 0 Å². The molecule has 2 atom stereocenters. The highest BCUT2D eigenvalue weighted by Gasteiger charge is 2.32. The fraction of sp³-hybridized carbons (Fsp3) is 0.947. The third-order valence-corrected chi connectivity index (χ3v) is 7.76. The summed E-state index contributed by atoms with van der Waals surface area (Å²) in [6.07, 6.45) is 7.49. The van der Waals surface area contributed by atoms with E-state index in [1.54, 1.807) is 0 Å². The Morgan fingerprint density at radius 1 is 1.15 bits per heavy atom. The molecule has 1 saturated carbocycles. The maximum Gasteiger partial charge on any atom is 0.191 e. The van der Waals surface area contributed by atoms with E-state index in [4.69, 9.17) is 9.73 Å². The summed E-state index contributed by atoms with van der Waals surface area (Å²) < 4.78 is 5.85. The van der Waals surface area contributed by atoms with Gasteiger partial charge in [0.15, 0.2) is 5.96 Å². The second-order valence-electron chi connectivity index (χ2n) is 7.01. The summed E-state index contributed by atoms with van der Waals surface area (Å²) >= 11 is 4.19. The fourth-order valence-corrected chi connectivity index (χ4v) is 6.19. The lowest BCUT2D eigenvalue weighted by atomic mass is 9.95. The highest BCUT2D eigenvalue weighted by Crippen LogP contribution is 2.35. The van der Waals surface area contributed by atoms with E-state index in [2.05, 4.69) is 54.9 Å². The molecule has 2 unspecified atom stereocenters. The van der Waals surface area contributed by atoms with Crippen molar-refractivity contribution >= 4 is 53.5 Å². The van der Waals surface area contributed by atoms with Crippen LogP contribution < -0.4 is 10.6 Å². The van der Waals surface area contributed by atoms with Gasteiger partial charge >= 0.3 is 0 Å². The summed E-state index contributed by atoms with van der Waals surface area (Å²) in [5, 5.41) is 8.01. The molecule has 0 aromatic heterocycles. The number of nitrogens with one attached hydrogen (secondary N) is 2. The first kappa shape index (κ1) is 24.7. The molecule has 0 spiro atoms. The lowest BCUT2D eigenvalue weighted by Gasteiger charge is -2.35. The van der Waals surface area contributed by atoms with Crippen molar-refractivity contribution in [1.82, 2.24) is 10.6 Å². The van der Waals surface area contributed by atoms with E-state index in [1.165, 1.54) is 31.4 Å². The number of nitrogens with zero attached hydrogens (tertiary/aromatic N) is 1. The minimum Gasteiger partial charge on any atom is -0.381 e. The molecule has 26 heavy (non-hydrogen) atoms. The van der Waals surface area contributed by atoms with Gasteiger partial charge in [-0.25, -0.2) is 0 Å². The third kappa shape index (κ3) is 8.35. The quantitative estimate of drug-likeness (QED) is 0.283. The van der Waals surface area contributed by atoms with Crippen LogP contribution in [0, 0.1) is 0 Å². The van der Waals surface area contributed by atoms with E-state index < -0.39 is 0 Å². The predicted octanol–water partition coefficient (Wildman–Crippen LogP) is 4.53. The standard InChI is InChI=1S/C19H37N3OS2.HI/c1-4-20-18(22-16-8-7-9-17(14-16)24-5-2)21-15-19(25-6-3)10-12-23-13-11-19;/h16-17H,4-15H2,1-3H3,(H2,20,21,22);1H. The van der Waals surface area contributed by atoms with Gasteiger partial charge in [0.25, 0.3) is 0 Å². The Balaban J connectivity index is 0.00000338. The van der Waals surface area contributed by atoms with Crippen molar-refractivity contribution in [2.75, 3.05) is 37.8 Å². The van der Waals surface area contributed by atoms with Crippen molar-refractivity contribution in [3.63, 3.8) is 0 Å². The highest BCUT2D eigenvalue weighted by atomic mass is 127. The van der Waals surface area contributed by atoms with Gasteiger partial charge in [0.1, 0.15) is 0 Å². The number of aliphatic imine (C=N–C) groups is 1. The Labute approximate surface area is 186 Å². The normalized spacial score (nSPS) is 26.0. The lowest BCUT2D eigenvalue weighted by molar-refractivity contribution is 0.0793. The molecular formula is C19H38IN3OS2. The van der Waals surface area contributed by atoms with Gasteiger partial charge < -0.3 is 15.4 Å². The lowest BCUT2D eigenvalue weighted by Crippen LogP contribution is -2.46. The fourth-order valence-electron chi connectivity index (χ4n) is 3.80. The molecule has 0 radical (unpaired) electrons. The Morgan fingerprint density at radius 3 is 2.58 bits per heavy atom. The minimum absolute atomic E-state index is 0. The average molecular weight is 516 g/mol. The molecule has 2 fully saturated rings. The Morgan fingerprint density at radius 2 is 1.92 bits per heavy atom. The Hall–Kier alpha value is 0.660. The molecule has 2 N–H and O–H groups in total. The van der Waals surface area contributed by atoms with E-state index in [-0.39, 0.29) is 28.7 Å². The number of halogens is 1. The molecule has 0 bridgehead atoms. The first-order valence-corrected chi connectivity index (χ1v) is 12.1. The molecule has 1 saturated heterocycles. The summed E-state index contributed by atoms with van der Waals surface area (Å²) in [4.78, 5) is 5.00. The molecule has 7 heteroatoms. The van der Waals surface area contributed by atoms with Crippen LogP contribution in [-0.4, -0.2) is 59.8 Å². The van der Waals surface area contributed by atoms with Crippen LogP contribution in [0.3, 0.4) is 0 Å². The summed E-state index contributed by atoms with van der Waals surface area (Å²) in [6.45, 7) is 10.2. The molecule has 1 aliphatic heterocycles. The molecule has 4 nitrogen and oxygen atoms in total. The van der Waals surface area contributed by atoms with Crippen LogP contribution in [0.25, 0.3) is 0 Å². The summed E-state index contributed by atoms with van der Waals surface area (Å²) in [5.74, 6) is 3.39. The Bertz CT molecular complexity index is 399. The second-order valence-corrected chi connectivity index (χ2v) is 10.3. The van der Waals surface area contributed by atoms with Crippen molar-refractivity contribution in [2.45, 2.75) is 75.3 Å². The van der Waals surface area contributed by atoms with E-state index in [0.29, 0.717) is 6.04 Å². The molecule has 154 valence electrons. The van der Waals surface area contributed by atoms with Crippen molar-refractivity contribution < 1.29 is 4.74 Å². The largest absolute Gasteiger partial charge is 0.381 e. The van der Waals surface area contributed by atoms with Crippen molar-refractivity contribution in [3.8, 4) is 0 Å². The second kappa shape index (κ2) is 13.8. The van der Waals surface area contributed by atoms with Gasteiger partial charge in [-0.2, -0.15) is 23.5 Å². The monoisotopic (exact) mass is 515 g/mol. The molecule has 0 amide bonds. The average Bonchev–Trinajstić information content (AvgIpc) is 2.62. The van der Waals surface area contributed by atoms with Gasteiger partial charge in [-0.3, -0.25) is 4.99 Å². The predicted molar refractivity (Wildman–Crippen MR) is 130 cm³/mol. The maximum atomic E-state index is 5.59. The number of rotatable bonds is 8. The first-order chi connectivity index (χ1) is 12.2. The molecular weight excluding hydrogens is 477 g/mol. The number of hydrogen-bond donors (Lipinski definition) is 2. The third-order valence-electron chi connectivity index (χ3n) is 5.09. The SMILES string of the molecule is CCNC(=NCC1(SCC)CCOCC1)NC1CCCC(SCC)C1.I. The van der Waals surface area contributed by atoms with Gasteiger partial charge in [0.05, 0.1) is 6.54 Å². The summed E-state index contributed by atoms with van der Waals surface area (Å²) in [6, 6.07) is 0.570. The van der Waals surface area contributed by atoms with Crippen molar-refractivity contribution in [2.24, 2.45) is 4.99 Å². The van der Waals surface area contributed by atoms with Crippen LogP contribution in [0.5, 0.6) is 0 Å². The van der Waals surface area contributed by atoms with Crippen LogP contribution in [0.2, 0.25) is 0 Å². The number of ether oxygens (including phenoxy) is 1. The van der Waals surface area contributed by atoms with Crippen LogP contribution in [0.1, 0.15) is 59.3 Å². The molecule has 2 rings (SSSR count). The zero-order valence-corrected chi connectivity index (χ0v) is 20.7. The van der Waals surface area contributed by atoms with Gasteiger partial charge in [-0.15, -0.1) is 24.0 Å². The Kier molecular flexibility index (Phi) is 13.1. The molecule has 1 aliphatic carbocycles. The van der Waals surface area contributed by atoms with Crippen molar-refractivity contribution in [3.05, 3.63) is 0 Å². The van der Waals surface area contributed by atoms with E-state index in [9.17, 15) is 0 Å². The highest BCUT2D eigenvalue weighted by molar-refractivity contribution is 14.0. The summed E-state index contributed by atoms with van der Waals surface area (Å²) in [5.41, 5.74) is 0. The van der Waals surface area contributed by atoms with Crippen LogP contribution >= 0.6 is 47.5 Å². The van der Waals surface area contributed by atoms with Crippen LogP contribution in [0.15, 0.2) is 4.99 Å². The van der Waals surface area contributed by atoms with Crippen molar-refractivity contribution in [1.29, 1.82) is 0 Å². The van der Waals surface area contributed by atoms with E-state index in [1.807, 2.05) is 0 Å². The van der Waals surface area contributed by atoms with E-state index >= 15 is 0 Å². The topological polar surface area (TPSA) is 45.7 Å². The smallest absolute Gasteiger partial charge is 0.191 e. The summed E-state index contributed by atoms with van der Waals surface area (Å²) in [7, 11) is 0. The number of guanidine groups is 1. The van der Waals surface area contributed by atoms with Gasteiger partial charge in [-0.05, 0) is 50.5 Å². The zero-order valence-electron chi connectivity index (χ0n) is 16.7. The van der Waals surface area contributed by atoms with Crippen LogP contribution in [-0.2, 0) is 4.74 Å². The molecule has 0 aromatic rings. The molecule has 0 aromatic carbocycles. The van der Waals surface area contributed by atoms with E-state index in [0.717, 1.165) is 56.1 Å². The minimum atomic E-state index is 0. The number of thioether (sulfide) groups is 2. The number of hydrogen-bond acceptors (Lipinski definition) is 4. The molecule has 1 heterocycles. The van der Waals surface area contributed by atoms with Gasteiger partial charge in [0.2, 0.25) is 0 Å².